The molecule has 2 N–H and O–H groups in total. The zero-order chi connectivity index (χ0) is 27.9. The van der Waals surface area contributed by atoms with Gasteiger partial charge < -0.3 is 25.2 Å². The normalized spacial score (nSPS) is 16.1. The predicted molar refractivity (Wildman–Crippen MR) is 167 cm³/mol. The number of likely N-dealkylation sites (N-methyl/N-ethyl adjacent to an activating group) is 1. The molecular formula is C29H31ClN6O2S2. The number of aromatic nitrogens is 1. The number of benzene rings is 2. The van der Waals surface area contributed by atoms with Gasteiger partial charge in [-0.3, -0.25) is 4.79 Å². The first kappa shape index (κ1) is 28.1. The summed E-state index contributed by atoms with van der Waals surface area (Å²) in [5.74, 6) is 1.74. The van der Waals surface area contributed by atoms with Crippen molar-refractivity contribution in [3.8, 4) is 5.75 Å². The third-order valence-corrected chi connectivity index (χ3v) is 9.06. The number of halogens is 1. The molecule has 1 unspecified atom stereocenters. The number of carbonyl (C=O) groups excluding carboxylic acids is 1. The molecule has 0 spiro atoms. The first-order chi connectivity index (χ1) is 19.5. The Hall–Kier alpha value is -3.44. The Labute approximate surface area is 246 Å². The van der Waals surface area contributed by atoms with Crippen molar-refractivity contribution in [3.05, 3.63) is 98.6 Å². The number of thiazole rings is 1. The lowest BCUT2D eigenvalue weighted by Crippen LogP contribution is -2.35. The minimum atomic E-state index is -0.400. The van der Waals surface area contributed by atoms with Crippen LogP contribution in [0, 0.1) is 0 Å². The van der Waals surface area contributed by atoms with E-state index >= 15 is 0 Å². The van der Waals surface area contributed by atoms with Gasteiger partial charge in [0.05, 0.1) is 33.3 Å². The zero-order valence-electron chi connectivity index (χ0n) is 22.3. The molecule has 3 aromatic rings. The van der Waals surface area contributed by atoms with Crippen molar-refractivity contribution in [1.82, 2.24) is 20.1 Å². The third kappa shape index (κ3) is 7.19. The van der Waals surface area contributed by atoms with Crippen LogP contribution in [-0.2, 0) is 17.9 Å². The van der Waals surface area contributed by atoms with Crippen LogP contribution in [-0.4, -0.2) is 65.0 Å². The molecule has 0 fully saturated rings. The number of rotatable bonds is 12. The third-order valence-electron chi connectivity index (χ3n) is 6.14. The molecule has 1 atom stereocenters. The summed E-state index contributed by atoms with van der Waals surface area (Å²) in [6.45, 7) is 2.45. The topological polar surface area (TPSA) is 82.1 Å². The Morgan fingerprint density at radius 2 is 2.05 bits per heavy atom. The highest BCUT2D eigenvalue weighted by atomic mass is 35.5. The van der Waals surface area contributed by atoms with Gasteiger partial charge in [0, 0.05) is 36.3 Å². The van der Waals surface area contributed by atoms with E-state index in [-0.39, 0.29) is 5.91 Å². The van der Waals surface area contributed by atoms with Crippen LogP contribution in [0.25, 0.3) is 0 Å². The van der Waals surface area contributed by atoms with Crippen LogP contribution >= 0.6 is 33.4 Å². The van der Waals surface area contributed by atoms with Gasteiger partial charge in [0.1, 0.15) is 18.2 Å². The van der Waals surface area contributed by atoms with Gasteiger partial charge in [0.25, 0.3) is 0 Å². The molecule has 8 nitrogen and oxygen atoms in total. The van der Waals surface area contributed by atoms with Crippen LogP contribution < -0.4 is 15.4 Å². The first-order valence-electron chi connectivity index (χ1n) is 12.8. The lowest BCUT2D eigenvalue weighted by atomic mass is 10.1. The van der Waals surface area contributed by atoms with Crippen LogP contribution in [0.2, 0.25) is 5.02 Å². The van der Waals surface area contributed by atoms with Gasteiger partial charge in [-0.15, -0.1) is 21.8 Å². The Morgan fingerprint density at radius 1 is 1.20 bits per heavy atom. The Bertz CT molecular complexity index is 1470. The van der Waals surface area contributed by atoms with E-state index in [0.717, 1.165) is 28.5 Å². The minimum Gasteiger partial charge on any atom is -0.486 e. The molecule has 11 heteroatoms. The largest absolute Gasteiger partial charge is 0.486 e. The van der Waals surface area contributed by atoms with Gasteiger partial charge in [-0.2, -0.15) is 0 Å². The SMILES string of the molecule is CN(C)CCNC(=O)CS1=C2C(=C(Nc3ccc(OCc4cscn4)c(Cl)c3)N=CN2Cc2ccccc2)C=C1. The van der Waals surface area contributed by atoms with Crippen LogP contribution in [0.5, 0.6) is 5.75 Å². The number of hydrogen-bond donors (Lipinski definition) is 2. The molecule has 1 amide bonds. The van der Waals surface area contributed by atoms with Crippen molar-refractivity contribution >= 4 is 56.3 Å². The second-order valence-electron chi connectivity index (χ2n) is 9.49. The molecule has 40 heavy (non-hydrogen) atoms. The molecule has 0 saturated carbocycles. The number of nitrogens with zero attached hydrogens (tertiary/aromatic N) is 4. The van der Waals surface area contributed by atoms with Gasteiger partial charge in [-0.25, -0.2) is 9.98 Å². The molecule has 0 bridgehead atoms. The van der Waals surface area contributed by atoms with Crippen LogP contribution in [0.4, 0.5) is 5.69 Å². The molecular weight excluding hydrogens is 564 g/mol. The van der Waals surface area contributed by atoms with E-state index in [9.17, 15) is 4.79 Å². The van der Waals surface area contributed by atoms with Gasteiger partial charge in [0.2, 0.25) is 5.91 Å². The quantitative estimate of drug-likeness (QED) is 0.282. The van der Waals surface area contributed by atoms with Crippen LogP contribution in [0.3, 0.4) is 0 Å². The van der Waals surface area contributed by atoms with E-state index in [1.807, 2.05) is 62.2 Å². The summed E-state index contributed by atoms with van der Waals surface area (Å²) in [6, 6.07) is 15.8. The van der Waals surface area contributed by atoms with Crippen molar-refractivity contribution in [2.24, 2.45) is 4.99 Å². The number of aliphatic imine (C=N–C) groups is 1. The van der Waals surface area contributed by atoms with Gasteiger partial charge in [0.15, 0.2) is 0 Å². The summed E-state index contributed by atoms with van der Waals surface area (Å²) in [4.78, 5) is 27.1. The highest BCUT2D eigenvalue weighted by Crippen LogP contribution is 2.36. The average molecular weight is 595 g/mol. The summed E-state index contributed by atoms with van der Waals surface area (Å²) < 4.78 is 5.84. The predicted octanol–water partition coefficient (Wildman–Crippen LogP) is 5.15. The molecule has 1 aromatic heterocycles. The number of amides is 1. The summed E-state index contributed by atoms with van der Waals surface area (Å²) in [5.41, 5.74) is 5.58. The molecule has 2 aliphatic heterocycles. The number of fused-ring (bicyclic) bond motifs is 1. The molecule has 0 saturated heterocycles. The lowest BCUT2D eigenvalue weighted by Gasteiger charge is -2.28. The summed E-state index contributed by atoms with van der Waals surface area (Å²) in [7, 11) is 3.59. The summed E-state index contributed by atoms with van der Waals surface area (Å²) >= 11 is 8.07. The van der Waals surface area contributed by atoms with Crippen molar-refractivity contribution in [3.63, 3.8) is 0 Å². The van der Waals surface area contributed by atoms with Crippen molar-refractivity contribution < 1.29 is 9.53 Å². The van der Waals surface area contributed by atoms with Crippen LogP contribution in [0.15, 0.2) is 87.3 Å². The number of ether oxygens (including phenoxy) is 1. The van der Waals surface area contributed by atoms with E-state index in [0.29, 0.717) is 42.0 Å². The van der Waals surface area contributed by atoms with E-state index in [4.69, 9.17) is 21.3 Å². The van der Waals surface area contributed by atoms with Gasteiger partial charge >= 0.3 is 0 Å². The average Bonchev–Trinajstić information content (AvgIpc) is 3.61. The fourth-order valence-corrected chi connectivity index (χ4v) is 6.86. The Kier molecular flexibility index (Phi) is 9.33. The second kappa shape index (κ2) is 13.3. The Morgan fingerprint density at radius 3 is 2.80 bits per heavy atom. The van der Waals surface area contributed by atoms with Gasteiger partial charge in [-0.05, 0) is 49.3 Å². The minimum absolute atomic E-state index is 0.0419. The number of nitrogens with one attached hydrogen (secondary N) is 2. The Balaban J connectivity index is 1.35. The number of carbonyl (C=O) groups is 1. The van der Waals surface area contributed by atoms with E-state index in [1.165, 1.54) is 16.9 Å². The van der Waals surface area contributed by atoms with Crippen molar-refractivity contribution in [2.75, 3.05) is 38.3 Å². The van der Waals surface area contributed by atoms with Gasteiger partial charge in [-0.1, -0.05) is 41.9 Å². The van der Waals surface area contributed by atoms with Crippen molar-refractivity contribution in [1.29, 1.82) is 0 Å². The van der Waals surface area contributed by atoms with E-state index in [2.05, 4.69) is 49.0 Å². The maximum Gasteiger partial charge on any atom is 0.229 e. The molecule has 208 valence electrons. The summed E-state index contributed by atoms with van der Waals surface area (Å²) in [6.07, 6.45) is 3.91. The first-order valence-corrected chi connectivity index (χ1v) is 15.6. The van der Waals surface area contributed by atoms with E-state index < -0.39 is 10.5 Å². The highest BCUT2D eigenvalue weighted by molar-refractivity contribution is 8.19. The highest BCUT2D eigenvalue weighted by Gasteiger charge is 2.27. The lowest BCUT2D eigenvalue weighted by molar-refractivity contribution is -0.118. The smallest absolute Gasteiger partial charge is 0.229 e. The standard InChI is InChI=1S/C29H31ClN6O2S2/c1-35(2)12-11-31-27(37)18-40-13-10-24-28(32-19-36(29(24)40)15-21-6-4-3-5-7-21)34-22-8-9-26(25(30)14-22)38-16-23-17-39-20-33-23/h3-10,13-14,17,19-20,34H,11-12,15-16,18H2,1-2H3,(H,31,37). The summed E-state index contributed by atoms with van der Waals surface area (Å²) in [5, 5.41) is 11.0. The second-order valence-corrected chi connectivity index (χ2v) is 12.4. The fourth-order valence-electron chi connectivity index (χ4n) is 4.17. The van der Waals surface area contributed by atoms with Crippen molar-refractivity contribution in [2.45, 2.75) is 13.2 Å². The molecule has 5 rings (SSSR count). The maximum absolute atomic E-state index is 12.8. The number of hydrogen-bond acceptors (Lipinski definition) is 8. The fraction of sp³-hybridized carbons (Fsp3) is 0.241. The monoisotopic (exact) mass is 594 g/mol. The molecule has 3 heterocycles. The number of anilines is 1. The molecule has 0 aliphatic carbocycles. The van der Waals surface area contributed by atoms with E-state index in [1.54, 1.807) is 5.51 Å². The maximum atomic E-state index is 12.8. The molecule has 2 aromatic carbocycles. The molecule has 0 radical (unpaired) electrons. The van der Waals surface area contributed by atoms with Crippen LogP contribution in [0.1, 0.15) is 11.3 Å². The molecule has 2 aliphatic rings. The zero-order valence-corrected chi connectivity index (χ0v) is 24.7.